The molecule has 0 bridgehead atoms. The van der Waals surface area contributed by atoms with E-state index in [0.717, 1.165) is 54.4 Å². The van der Waals surface area contributed by atoms with Crippen molar-refractivity contribution in [2.45, 2.75) is 90.3 Å². The number of phosphoric ester groups is 2. The van der Waals surface area contributed by atoms with Gasteiger partial charge in [-0.1, -0.05) is 104 Å². The molecule has 262 valence electrons. The minimum absolute atomic E-state index is 0.0248. The van der Waals surface area contributed by atoms with Gasteiger partial charge in [-0.05, 0) is 74.3 Å². The quantitative estimate of drug-likeness (QED) is 0.104. The minimum Gasteiger partial charge on any atom is -0.404 e. The van der Waals surface area contributed by atoms with E-state index >= 15 is 0 Å². The van der Waals surface area contributed by atoms with Crippen molar-refractivity contribution in [3.63, 3.8) is 0 Å². The fourth-order valence-corrected chi connectivity index (χ4v) is 9.75. The van der Waals surface area contributed by atoms with Crippen LogP contribution in [0.4, 0.5) is 0 Å². The molecule has 0 saturated carbocycles. The Hall–Kier alpha value is -2.96. The summed E-state index contributed by atoms with van der Waals surface area (Å²) in [5.41, 5.74) is 5.49. The zero-order valence-electron chi connectivity index (χ0n) is 28.8. The summed E-state index contributed by atoms with van der Waals surface area (Å²) in [6, 6.07) is 23.2. The van der Waals surface area contributed by atoms with Gasteiger partial charge in [0.05, 0.1) is 25.4 Å². The largest absolute Gasteiger partial charge is 0.530 e. The molecule has 10 heteroatoms. The standard InChI is InChI=1S/C39H48O8P2/c1-5-6-9-14-30-26-37(46-48(40)42-23-21-35(44-48)31-15-10-7-11-16-31)39(34-25-29(4)19-20-33(34)28(2)3)38(27-30)47-49(41)43-24-22-36(45-49)32-17-12-8-13-18-32/h7-8,10-13,15-18,25-27,33-36H,2,5-6,9,14,19-24H2,1,3-4H3. The van der Waals surface area contributed by atoms with Gasteiger partial charge in [0.2, 0.25) is 0 Å². The summed E-state index contributed by atoms with van der Waals surface area (Å²) in [4.78, 5) is 0. The molecule has 6 unspecified atom stereocenters. The highest BCUT2D eigenvalue weighted by atomic mass is 31.2. The van der Waals surface area contributed by atoms with Gasteiger partial charge in [-0.2, -0.15) is 0 Å². The van der Waals surface area contributed by atoms with Gasteiger partial charge in [-0.25, -0.2) is 9.13 Å². The SMILES string of the molecule is C=C(C)C1CCC(C)=CC1c1c(OP2(=O)OCCC(c3ccccc3)O2)cc(CCCCC)cc1OP1(=O)OCCC(c2ccccc2)O1. The van der Waals surface area contributed by atoms with Crippen LogP contribution in [-0.2, 0) is 33.6 Å². The van der Waals surface area contributed by atoms with E-state index < -0.39 is 27.9 Å². The van der Waals surface area contributed by atoms with Crippen molar-refractivity contribution < 1.29 is 36.3 Å². The molecule has 0 aromatic heterocycles. The molecule has 6 atom stereocenters. The predicted octanol–water partition coefficient (Wildman–Crippen LogP) is 11.8. The average Bonchev–Trinajstić information content (AvgIpc) is 3.09. The Balaban J connectivity index is 1.44. The Morgan fingerprint density at radius 1 is 0.816 bits per heavy atom. The van der Waals surface area contributed by atoms with Gasteiger partial charge in [0.1, 0.15) is 11.5 Å². The first-order valence-corrected chi connectivity index (χ1v) is 20.4. The predicted molar refractivity (Wildman–Crippen MR) is 192 cm³/mol. The van der Waals surface area contributed by atoms with Crippen LogP contribution in [0.5, 0.6) is 11.5 Å². The van der Waals surface area contributed by atoms with Gasteiger partial charge < -0.3 is 9.05 Å². The summed E-state index contributed by atoms with van der Waals surface area (Å²) in [6.45, 7) is 11.0. The fraction of sp³-hybridized carbons (Fsp3) is 0.436. The lowest BCUT2D eigenvalue weighted by Gasteiger charge is -2.35. The van der Waals surface area contributed by atoms with Crippen LogP contribution in [0.1, 0.15) is 106 Å². The second-order valence-electron chi connectivity index (χ2n) is 13.3. The highest BCUT2D eigenvalue weighted by Crippen LogP contribution is 2.62. The molecular formula is C39H48O8P2. The molecule has 3 aromatic carbocycles. The molecule has 2 fully saturated rings. The van der Waals surface area contributed by atoms with Crippen molar-refractivity contribution in [3.8, 4) is 11.5 Å². The maximum Gasteiger partial charge on any atom is 0.530 e. The molecule has 0 N–H and O–H groups in total. The molecule has 0 spiro atoms. The van der Waals surface area contributed by atoms with Crippen LogP contribution < -0.4 is 9.05 Å². The first-order chi connectivity index (χ1) is 23.7. The van der Waals surface area contributed by atoms with Crippen LogP contribution in [0.15, 0.2) is 96.6 Å². The number of unbranched alkanes of at least 4 members (excludes halogenated alkanes) is 2. The highest BCUT2D eigenvalue weighted by molar-refractivity contribution is 7.49. The van der Waals surface area contributed by atoms with Crippen molar-refractivity contribution in [2.24, 2.45) is 5.92 Å². The van der Waals surface area contributed by atoms with E-state index in [1.54, 1.807) is 0 Å². The molecule has 49 heavy (non-hydrogen) atoms. The van der Waals surface area contributed by atoms with Crippen molar-refractivity contribution in [3.05, 3.63) is 119 Å². The maximum absolute atomic E-state index is 14.4. The summed E-state index contributed by atoms with van der Waals surface area (Å²) in [5, 5.41) is 0. The molecule has 2 aliphatic heterocycles. The van der Waals surface area contributed by atoms with E-state index in [-0.39, 0.29) is 25.0 Å². The van der Waals surface area contributed by atoms with Gasteiger partial charge in [0.15, 0.2) is 0 Å². The number of hydrogen-bond donors (Lipinski definition) is 0. The Bertz CT molecular complexity index is 1630. The van der Waals surface area contributed by atoms with Crippen LogP contribution in [0.2, 0.25) is 0 Å². The summed E-state index contributed by atoms with van der Waals surface area (Å²) in [7, 11) is -8.21. The Morgan fingerprint density at radius 2 is 1.35 bits per heavy atom. The van der Waals surface area contributed by atoms with Gasteiger partial charge in [-0.15, -0.1) is 0 Å². The lowest BCUT2D eigenvalue weighted by molar-refractivity contribution is 0.0502. The molecule has 0 radical (unpaired) electrons. The van der Waals surface area contributed by atoms with Crippen molar-refractivity contribution in [2.75, 3.05) is 13.2 Å². The fourth-order valence-electron chi connectivity index (χ4n) is 6.91. The Labute approximate surface area is 291 Å². The summed E-state index contributed by atoms with van der Waals surface area (Å²) in [6.07, 6.45) is 7.85. The molecule has 2 heterocycles. The number of rotatable bonds is 12. The van der Waals surface area contributed by atoms with Crippen molar-refractivity contribution in [1.82, 2.24) is 0 Å². The first kappa shape index (κ1) is 35.9. The molecule has 3 aliphatic rings. The first-order valence-electron chi connectivity index (χ1n) is 17.5. The number of phosphoric acid groups is 2. The third kappa shape index (κ3) is 8.86. The molecule has 0 amide bonds. The van der Waals surface area contributed by atoms with Crippen molar-refractivity contribution >= 4 is 15.6 Å². The minimum atomic E-state index is -4.10. The average molecular weight is 707 g/mol. The zero-order chi connectivity index (χ0) is 34.4. The summed E-state index contributed by atoms with van der Waals surface area (Å²) >= 11 is 0. The molecule has 2 saturated heterocycles. The zero-order valence-corrected chi connectivity index (χ0v) is 30.5. The van der Waals surface area contributed by atoms with Gasteiger partial charge in [-0.3, -0.25) is 18.1 Å². The third-order valence-electron chi connectivity index (χ3n) is 9.48. The van der Waals surface area contributed by atoms with Crippen molar-refractivity contribution in [1.29, 1.82) is 0 Å². The molecule has 6 rings (SSSR count). The van der Waals surface area contributed by atoms with Crippen LogP contribution in [0.25, 0.3) is 0 Å². The number of hydrogen-bond acceptors (Lipinski definition) is 8. The van der Waals surface area contributed by atoms with Crippen LogP contribution in [0, 0.1) is 5.92 Å². The van der Waals surface area contributed by atoms with E-state index in [0.29, 0.717) is 36.3 Å². The topological polar surface area (TPSA) is 89.5 Å². The molecule has 3 aromatic rings. The van der Waals surface area contributed by atoms with Gasteiger partial charge in [0.25, 0.3) is 0 Å². The smallest absolute Gasteiger partial charge is 0.404 e. The van der Waals surface area contributed by atoms with E-state index in [1.165, 1.54) is 5.57 Å². The van der Waals surface area contributed by atoms with E-state index in [4.69, 9.17) is 27.1 Å². The molecular weight excluding hydrogens is 658 g/mol. The van der Waals surface area contributed by atoms with Crippen LogP contribution in [0.3, 0.4) is 0 Å². The molecule has 1 aliphatic carbocycles. The third-order valence-corrected chi connectivity index (χ3v) is 12.3. The van der Waals surface area contributed by atoms with Crippen LogP contribution >= 0.6 is 15.6 Å². The maximum atomic E-state index is 14.4. The molecule has 8 nitrogen and oxygen atoms in total. The second kappa shape index (κ2) is 15.9. The Morgan fingerprint density at radius 3 is 1.84 bits per heavy atom. The summed E-state index contributed by atoms with van der Waals surface area (Å²) in [5.74, 6) is 0.373. The highest BCUT2D eigenvalue weighted by Gasteiger charge is 2.43. The number of allylic oxidation sites excluding steroid dienone is 3. The monoisotopic (exact) mass is 706 g/mol. The normalized spacial score (nSPS) is 28.8. The van der Waals surface area contributed by atoms with Gasteiger partial charge >= 0.3 is 15.6 Å². The Kier molecular flexibility index (Phi) is 11.7. The van der Waals surface area contributed by atoms with E-state index in [1.807, 2.05) is 79.7 Å². The number of aryl methyl sites for hydroxylation is 1. The van der Waals surface area contributed by atoms with E-state index in [2.05, 4.69) is 26.5 Å². The van der Waals surface area contributed by atoms with Crippen LogP contribution in [-0.4, -0.2) is 13.2 Å². The second-order valence-corrected chi connectivity index (χ2v) is 16.4. The number of benzene rings is 3. The summed E-state index contributed by atoms with van der Waals surface area (Å²) < 4.78 is 65.6. The van der Waals surface area contributed by atoms with Gasteiger partial charge in [0, 0.05) is 24.3 Å². The lowest BCUT2D eigenvalue weighted by Crippen LogP contribution is -2.21. The lowest BCUT2D eigenvalue weighted by atomic mass is 9.73. The van der Waals surface area contributed by atoms with E-state index in [9.17, 15) is 9.13 Å².